The van der Waals surface area contributed by atoms with Crippen molar-refractivity contribution in [2.24, 2.45) is 0 Å². The Morgan fingerprint density at radius 1 is 1.60 bits per heavy atom. The normalized spacial score (nSPS) is 48.0. The predicted octanol–water partition coefficient (Wildman–Crippen LogP) is 0.442. The minimum atomic E-state index is 0.467. The molecule has 0 aromatic rings. The van der Waals surface area contributed by atoms with Gasteiger partial charge >= 0.3 is 0 Å². The zero-order valence-corrected chi connectivity index (χ0v) is 6.85. The van der Waals surface area contributed by atoms with Gasteiger partial charge in [-0.3, -0.25) is 4.90 Å². The Balaban J connectivity index is 2.17. The van der Waals surface area contributed by atoms with Gasteiger partial charge in [0.15, 0.2) is 0 Å². The van der Waals surface area contributed by atoms with Crippen LogP contribution in [0, 0.1) is 0 Å². The van der Waals surface area contributed by atoms with Gasteiger partial charge in [-0.1, -0.05) is 0 Å². The van der Waals surface area contributed by atoms with Crippen molar-refractivity contribution in [1.29, 1.82) is 0 Å². The van der Waals surface area contributed by atoms with Crippen molar-refractivity contribution >= 4 is 0 Å². The number of nitrogens with one attached hydrogen (secondary N) is 1. The predicted molar refractivity (Wildman–Crippen MR) is 42.1 cm³/mol. The summed E-state index contributed by atoms with van der Waals surface area (Å²) in [7, 11) is 2.24. The largest absolute Gasteiger partial charge is 0.311 e. The second-order valence-corrected chi connectivity index (χ2v) is 3.99. The molecule has 3 saturated heterocycles. The molecule has 0 radical (unpaired) electrons. The molecule has 3 aliphatic rings. The van der Waals surface area contributed by atoms with Gasteiger partial charge < -0.3 is 5.32 Å². The maximum atomic E-state index is 3.55. The number of hydrogen-bond donors (Lipinski definition) is 1. The number of rotatable bonds is 0. The number of likely N-dealkylation sites (N-methyl/N-ethyl adjacent to an activating group) is 1. The monoisotopic (exact) mass is 140 g/mol. The number of hydrogen-bond acceptors (Lipinski definition) is 2. The van der Waals surface area contributed by atoms with Crippen LogP contribution in [0.4, 0.5) is 0 Å². The minimum absolute atomic E-state index is 0.467. The molecule has 0 spiro atoms. The molecular weight excluding hydrogens is 124 g/mol. The van der Waals surface area contributed by atoms with Gasteiger partial charge in [0, 0.05) is 24.7 Å². The van der Waals surface area contributed by atoms with Crippen LogP contribution in [0.3, 0.4) is 0 Å². The average Bonchev–Trinajstić information content (AvgIpc) is 1.92. The molecule has 2 nitrogen and oxygen atoms in total. The topological polar surface area (TPSA) is 15.3 Å². The van der Waals surface area contributed by atoms with Crippen LogP contribution in [0.15, 0.2) is 0 Å². The smallest absolute Gasteiger partial charge is 0.0304 e. The molecule has 58 valence electrons. The molecule has 1 N–H and O–H groups in total. The number of nitrogens with zero attached hydrogens (tertiary/aromatic N) is 1. The third-order valence-corrected chi connectivity index (χ3v) is 3.22. The summed E-state index contributed by atoms with van der Waals surface area (Å²) in [5, 5.41) is 3.55. The van der Waals surface area contributed by atoms with E-state index in [0.717, 1.165) is 6.04 Å². The summed E-state index contributed by atoms with van der Waals surface area (Å²) in [5.74, 6) is 0. The lowest BCUT2D eigenvalue weighted by Crippen LogP contribution is -2.66. The Hall–Kier alpha value is -0.0800. The van der Waals surface area contributed by atoms with E-state index in [4.69, 9.17) is 0 Å². The summed E-state index contributed by atoms with van der Waals surface area (Å²) in [5.41, 5.74) is 0.467. The zero-order chi connectivity index (χ0) is 7.19. The summed E-state index contributed by atoms with van der Waals surface area (Å²) >= 11 is 0. The van der Waals surface area contributed by atoms with E-state index >= 15 is 0 Å². The van der Waals surface area contributed by atoms with Crippen LogP contribution >= 0.6 is 0 Å². The standard InChI is InChI=1S/C8H16N2/c1-8-4-3-7(9-6-8)5-10(8)2/h7,9H,3-6H2,1-2H3. The summed E-state index contributed by atoms with van der Waals surface area (Å²) in [6, 6.07) is 0.784. The number of piperazine rings is 1. The van der Waals surface area contributed by atoms with Crippen molar-refractivity contribution in [2.45, 2.75) is 31.3 Å². The molecule has 0 amide bonds. The molecule has 2 atom stereocenters. The molecule has 3 rings (SSSR count). The number of fused-ring (bicyclic) bond motifs is 3. The maximum absolute atomic E-state index is 3.55. The van der Waals surface area contributed by atoms with E-state index in [9.17, 15) is 0 Å². The lowest BCUT2D eigenvalue weighted by Gasteiger charge is -2.51. The first-order valence-electron chi connectivity index (χ1n) is 4.15. The molecule has 2 bridgehead atoms. The third kappa shape index (κ3) is 0.789. The van der Waals surface area contributed by atoms with Crippen molar-refractivity contribution in [2.75, 3.05) is 20.1 Å². The van der Waals surface area contributed by atoms with Crippen molar-refractivity contribution in [3.05, 3.63) is 0 Å². The molecule has 0 aliphatic carbocycles. The highest BCUT2D eigenvalue weighted by atomic mass is 15.3. The first-order chi connectivity index (χ1) is 4.71. The number of piperidine rings is 2. The van der Waals surface area contributed by atoms with Gasteiger partial charge in [-0.15, -0.1) is 0 Å². The van der Waals surface area contributed by atoms with Crippen molar-refractivity contribution in [1.82, 2.24) is 10.2 Å². The highest BCUT2D eigenvalue weighted by Gasteiger charge is 2.40. The molecule has 3 heterocycles. The van der Waals surface area contributed by atoms with Crippen molar-refractivity contribution in [3.63, 3.8) is 0 Å². The Morgan fingerprint density at radius 2 is 2.40 bits per heavy atom. The third-order valence-electron chi connectivity index (χ3n) is 3.22. The van der Waals surface area contributed by atoms with Gasteiger partial charge in [0.1, 0.15) is 0 Å². The minimum Gasteiger partial charge on any atom is -0.311 e. The van der Waals surface area contributed by atoms with Gasteiger partial charge in [-0.2, -0.15) is 0 Å². The van der Waals surface area contributed by atoms with Crippen LogP contribution in [0.1, 0.15) is 19.8 Å². The summed E-state index contributed by atoms with van der Waals surface area (Å²) < 4.78 is 0. The second kappa shape index (κ2) is 1.95. The fourth-order valence-corrected chi connectivity index (χ4v) is 2.07. The van der Waals surface area contributed by atoms with Crippen LogP contribution in [-0.4, -0.2) is 36.6 Å². The van der Waals surface area contributed by atoms with Crippen LogP contribution < -0.4 is 5.32 Å². The quantitative estimate of drug-likeness (QED) is 0.525. The van der Waals surface area contributed by atoms with Crippen LogP contribution in [0.25, 0.3) is 0 Å². The summed E-state index contributed by atoms with van der Waals surface area (Å²) in [6.45, 7) is 4.79. The highest BCUT2D eigenvalue weighted by Crippen LogP contribution is 2.30. The molecular formula is C8H16N2. The molecule has 2 heteroatoms. The highest BCUT2D eigenvalue weighted by molar-refractivity contribution is 5.00. The second-order valence-electron chi connectivity index (χ2n) is 3.99. The maximum Gasteiger partial charge on any atom is 0.0304 e. The lowest BCUT2D eigenvalue weighted by atomic mass is 9.82. The van der Waals surface area contributed by atoms with Gasteiger partial charge in [0.05, 0.1) is 0 Å². The molecule has 2 unspecified atom stereocenters. The first kappa shape index (κ1) is 6.62. The molecule has 0 aromatic heterocycles. The van der Waals surface area contributed by atoms with Gasteiger partial charge in [0.2, 0.25) is 0 Å². The van der Waals surface area contributed by atoms with Crippen LogP contribution in [0.5, 0.6) is 0 Å². The summed E-state index contributed by atoms with van der Waals surface area (Å²) in [4.78, 5) is 2.50. The fourth-order valence-electron chi connectivity index (χ4n) is 2.07. The van der Waals surface area contributed by atoms with E-state index in [-0.39, 0.29) is 0 Å². The van der Waals surface area contributed by atoms with E-state index in [1.165, 1.54) is 25.9 Å². The van der Waals surface area contributed by atoms with Gasteiger partial charge in [-0.05, 0) is 26.8 Å². The van der Waals surface area contributed by atoms with E-state index in [0.29, 0.717) is 5.54 Å². The van der Waals surface area contributed by atoms with Crippen LogP contribution in [-0.2, 0) is 0 Å². The molecule has 3 aliphatic heterocycles. The zero-order valence-electron chi connectivity index (χ0n) is 6.85. The molecule has 10 heavy (non-hydrogen) atoms. The lowest BCUT2D eigenvalue weighted by molar-refractivity contribution is 0.0235. The Labute approximate surface area is 62.6 Å². The molecule has 0 saturated carbocycles. The summed E-state index contributed by atoms with van der Waals surface area (Å²) in [6.07, 6.45) is 2.75. The average molecular weight is 140 g/mol. The van der Waals surface area contributed by atoms with Crippen LogP contribution in [0.2, 0.25) is 0 Å². The SMILES string of the molecule is CN1CC2CCC1(C)CN2. The van der Waals surface area contributed by atoms with Gasteiger partial charge in [0.25, 0.3) is 0 Å². The van der Waals surface area contributed by atoms with E-state index in [2.05, 4.69) is 24.2 Å². The van der Waals surface area contributed by atoms with Gasteiger partial charge in [-0.25, -0.2) is 0 Å². The fraction of sp³-hybridized carbons (Fsp3) is 1.00. The van der Waals surface area contributed by atoms with Crippen molar-refractivity contribution < 1.29 is 0 Å². The molecule has 3 fully saturated rings. The van der Waals surface area contributed by atoms with E-state index in [1.54, 1.807) is 0 Å². The Kier molecular flexibility index (Phi) is 1.29. The Morgan fingerprint density at radius 3 is 2.70 bits per heavy atom. The molecule has 0 aromatic carbocycles. The van der Waals surface area contributed by atoms with E-state index in [1.807, 2.05) is 0 Å². The van der Waals surface area contributed by atoms with E-state index < -0.39 is 0 Å². The first-order valence-corrected chi connectivity index (χ1v) is 4.15. The Bertz CT molecular complexity index is 136. The van der Waals surface area contributed by atoms with Crippen molar-refractivity contribution in [3.8, 4) is 0 Å².